The van der Waals surface area contributed by atoms with Crippen LogP contribution in [0.5, 0.6) is 11.6 Å². The maximum atomic E-state index is 12.5. The van der Waals surface area contributed by atoms with Crippen LogP contribution < -0.4 is 10.3 Å². The molecule has 1 saturated heterocycles. The zero-order valence-corrected chi connectivity index (χ0v) is 13.2. The topological polar surface area (TPSA) is 78.2 Å². The van der Waals surface area contributed by atoms with E-state index in [4.69, 9.17) is 17.0 Å². The fourth-order valence-electron chi connectivity index (χ4n) is 3.09. The largest absolute Gasteiger partial charge is 0.440 e. The van der Waals surface area contributed by atoms with E-state index in [0.717, 1.165) is 31.5 Å². The molecule has 2 aliphatic rings. The molecule has 0 atom stereocenters. The summed E-state index contributed by atoms with van der Waals surface area (Å²) >= 11 is 4.96. The van der Waals surface area contributed by atoms with Gasteiger partial charge in [0, 0.05) is 30.6 Å². The van der Waals surface area contributed by atoms with E-state index in [2.05, 4.69) is 9.97 Å². The fraction of sp³-hybridized carbons (Fsp3) is 0.312. The number of fused-ring (bicyclic) bond motifs is 2. The normalized spacial score (nSPS) is 15.7. The number of ether oxygens (including phenoxy) is 1. The van der Waals surface area contributed by atoms with E-state index in [0.29, 0.717) is 29.2 Å². The molecule has 1 aromatic carbocycles. The first kappa shape index (κ1) is 14.2. The highest BCUT2D eigenvalue weighted by molar-refractivity contribution is 7.71. The first-order valence-electron chi connectivity index (χ1n) is 7.57. The SMILES string of the molecule is O=C(c1ccc2c(c1)Cc1c([nH]c(=S)[nH]c1=O)O2)N1CCCC1. The molecule has 118 valence electrons. The van der Waals surface area contributed by atoms with E-state index in [1.165, 1.54) is 0 Å². The third-order valence-electron chi connectivity index (χ3n) is 4.28. The first-order chi connectivity index (χ1) is 11.1. The van der Waals surface area contributed by atoms with Gasteiger partial charge in [0.25, 0.3) is 11.5 Å². The van der Waals surface area contributed by atoms with Crippen LogP contribution in [0.4, 0.5) is 0 Å². The molecule has 4 rings (SSSR count). The molecule has 1 amide bonds. The number of benzene rings is 1. The zero-order chi connectivity index (χ0) is 16.0. The Morgan fingerprint density at radius 2 is 2.00 bits per heavy atom. The van der Waals surface area contributed by atoms with Crippen molar-refractivity contribution in [3.8, 4) is 11.6 Å². The Balaban J connectivity index is 1.70. The van der Waals surface area contributed by atoms with Gasteiger partial charge < -0.3 is 14.6 Å². The summed E-state index contributed by atoms with van der Waals surface area (Å²) in [5.74, 6) is 1.06. The lowest BCUT2D eigenvalue weighted by Gasteiger charge is -2.21. The van der Waals surface area contributed by atoms with Crippen LogP contribution in [-0.2, 0) is 6.42 Å². The predicted molar refractivity (Wildman–Crippen MR) is 86.7 cm³/mol. The van der Waals surface area contributed by atoms with Gasteiger partial charge in [-0.25, -0.2) is 0 Å². The zero-order valence-electron chi connectivity index (χ0n) is 12.3. The summed E-state index contributed by atoms with van der Waals surface area (Å²) in [6, 6.07) is 5.37. The number of hydrogen-bond donors (Lipinski definition) is 2. The van der Waals surface area contributed by atoms with E-state index < -0.39 is 0 Å². The van der Waals surface area contributed by atoms with Crippen molar-refractivity contribution in [3.63, 3.8) is 0 Å². The maximum absolute atomic E-state index is 12.5. The van der Waals surface area contributed by atoms with Crippen LogP contribution in [0.25, 0.3) is 0 Å². The fourth-order valence-corrected chi connectivity index (χ4v) is 3.28. The van der Waals surface area contributed by atoms with Gasteiger partial charge in [-0.15, -0.1) is 0 Å². The molecule has 0 aliphatic carbocycles. The molecule has 0 spiro atoms. The number of amides is 1. The van der Waals surface area contributed by atoms with Crippen molar-refractivity contribution in [1.82, 2.24) is 14.9 Å². The average molecular weight is 329 g/mol. The van der Waals surface area contributed by atoms with Gasteiger partial charge in [-0.2, -0.15) is 0 Å². The van der Waals surface area contributed by atoms with Crippen molar-refractivity contribution in [3.05, 3.63) is 50.0 Å². The van der Waals surface area contributed by atoms with Crippen molar-refractivity contribution in [2.45, 2.75) is 19.3 Å². The van der Waals surface area contributed by atoms with E-state index in [9.17, 15) is 9.59 Å². The molecule has 0 radical (unpaired) electrons. The molecule has 2 aromatic rings. The Labute approximate surface area is 137 Å². The highest BCUT2D eigenvalue weighted by atomic mass is 32.1. The smallest absolute Gasteiger partial charge is 0.259 e. The summed E-state index contributed by atoms with van der Waals surface area (Å²) in [5, 5.41) is 0. The minimum atomic E-state index is -0.259. The molecule has 2 aliphatic heterocycles. The molecule has 0 saturated carbocycles. The molecule has 0 bridgehead atoms. The van der Waals surface area contributed by atoms with Crippen LogP contribution in [0, 0.1) is 4.77 Å². The minimum absolute atomic E-state index is 0.0393. The third kappa shape index (κ3) is 2.46. The summed E-state index contributed by atoms with van der Waals surface area (Å²) in [6.45, 7) is 1.62. The third-order valence-corrected chi connectivity index (χ3v) is 4.49. The van der Waals surface area contributed by atoms with Gasteiger partial charge in [-0.1, -0.05) is 0 Å². The second-order valence-electron chi connectivity index (χ2n) is 5.82. The van der Waals surface area contributed by atoms with Crippen molar-refractivity contribution >= 4 is 18.1 Å². The van der Waals surface area contributed by atoms with Crippen molar-refractivity contribution in [1.29, 1.82) is 0 Å². The van der Waals surface area contributed by atoms with Crippen LogP contribution in [0.3, 0.4) is 0 Å². The van der Waals surface area contributed by atoms with Crippen LogP contribution in [0.15, 0.2) is 23.0 Å². The standard InChI is InChI=1S/C16H15N3O3S/c20-13-11-8-10-7-9(15(21)19-5-1-2-6-19)3-4-12(10)22-14(11)18-16(23)17-13/h3-4,7H,1-2,5-6,8H2,(H2,17,18,20,23). The number of H-pyrrole nitrogens is 2. The first-order valence-corrected chi connectivity index (χ1v) is 7.98. The number of nitrogens with one attached hydrogen (secondary N) is 2. The summed E-state index contributed by atoms with van der Waals surface area (Å²) < 4.78 is 5.97. The van der Waals surface area contributed by atoms with Crippen LogP contribution in [0.1, 0.15) is 34.3 Å². The molecule has 3 heterocycles. The summed E-state index contributed by atoms with van der Waals surface area (Å²) in [7, 11) is 0. The maximum Gasteiger partial charge on any atom is 0.259 e. The van der Waals surface area contributed by atoms with E-state index in [1.807, 2.05) is 11.0 Å². The number of carbonyl (C=O) groups is 1. The van der Waals surface area contributed by atoms with E-state index >= 15 is 0 Å². The quantitative estimate of drug-likeness (QED) is 0.672. The molecular weight excluding hydrogens is 314 g/mol. The van der Waals surface area contributed by atoms with Crippen LogP contribution in [0.2, 0.25) is 0 Å². The molecular formula is C16H15N3O3S. The molecule has 1 aromatic heterocycles. The number of carbonyl (C=O) groups excluding carboxylic acids is 1. The van der Waals surface area contributed by atoms with Crippen LogP contribution in [-0.4, -0.2) is 33.9 Å². The number of rotatable bonds is 1. The van der Waals surface area contributed by atoms with Gasteiger partial charge in [-0.05, 0) is 43.3 Å². The highest BCUT2D eigenvalue weighted by Gasteiger charge is 2.24. The number of nitrogens with zero attached hydrogens (tertiary/aromatic N) is 1. The van der Waals surface area contributed by atoms with Crippen molar-refractivity contribution in [2.24, 2.45) is 0 Å². The van der Waals surface area contributed by atoms with Gasteiger partial charge >= 0.3 is 0 Å². The van der Waals surface area contributed by atoms with E-state index in [-0.39, 0.29) is 16.2 Å². The number of aromatic nitrogens is 2. The van der Waals surface area contributed by atoms with Gasteiger partial charge in [0.15, 0.2) is 4.77 Å². The monoisotopic (exact) mass is 329 g/mol. The lowest BCUT2D eigenvalue weighted by molar-refractivity contribution is 0.0792. The van der Waals surface area contributed by atoms with Crippen molar-refractivity contribution < 1.29 is 9.53 Å². The Kier molecular flexibility index (Phi) is 3.30. The van der Waals surface area contributed by atoms with Gasteiger partial charge in [0.1, 0.15) is 5.75 Å². The number of likely N-dealkylation sites (tertiary alicyclic amines) is 1. The lowest BCUT2D eigenvalue weighted by atomic mass is 10.0. The molecule has 23 heavy (non-hydrogen) atoms. The molecule has 6 nitrogen and oxygen atoms in total. The Hall–Kier alpha value is -2.41. The lowest BCUT2D eigenvalue weighted by Crippen LogP contribution is -2.28. The molecule has 1 fully saturated rings. The Morgan fingerprint density at radius 3 is 2.78 bits per heavy atom. The van der Waals surface area contributed by atoms with Crippen molar-refractivity contribution in [2.75, 3.05) is 13.1 Å². The number of hydrogen-bond acceptors (Lipinski definition) is 4. The predicted octanol–water partition coefficient (Wildman–Crippen LogP) is 2.36. The van der Waals surface area contributed by atoms with E-state index in [1.54, 1.807) is 12.1 Å². The average Bonchev–Trinajstić information content (AvgIpc) is 3.06. The highest BCUT2D eigenvalue weighted by Crippen LogP contribution is 2.34. The Morgan fingerprint density at radius 1 is 1.22 bits per heavy atom. The minimum Gasteiger partial charge on any atom is -0.440 e. The number of aromatic amines is 2. The molecule has 7 heteroatoms. The Bertz CT molecular complexity index is 910. The second kappa shape index (κ2) is 5.34. The summed E-state index contributed by atoms with van der Waals surface area (Å²) in [4.78, 5) is 31.8. The summed E-state index contributed by atoms with van der Waals surface area (Å²) in [6.07, 6.45) is 2.52. The van der Waals surface area contributed by atoms with Gasteiger partial charge in [-0.3, -0.25) is 14.6 Å². The van der Waals surface area contributed by atoms with Crippen LogP contribution >= 0.6 is 12.2 Å². The molecule has 0 unspecified atom stereocenters. The molecule has 2 N–H and O–H groups in total. The van der Waals surface area contributed by atoms with Gasteiger partial charge in [0.05, 0.1) is 5.56 Å². The summed E-state index contributed by atoms with van der Waals surface area (Å²) in [5.41, 5.74) is 1.71. The van der Waals surface area contributed by atoms with Gasteiger partial charge in [0.2, 0.25) is 5.88 Å². The second-order valence-corrected chi connectivity index (χ2v) is 6.22.